The number of methoxy groups -OCH3 is 1. The van der Waals surface area contributed by atoms with Gasteiger partial charge in [-0.3, -0.25) is 14.9 Å². The normalized spacial score (nSPS) is 15.3. The highest BCUT2D eigenvalue weighted by Gasteiger charge is 2.36. The number of carbonyl (C=O) groups excluding carboxylic acids is 2. The molecule has 1 aliphatic rings. The molecule has 0 spiro atoms. The lowest BCUT2D eigenvalue weighted by atomic mass is 10.1. The first-order valence-corrected chi connectivity index (χ1v) is 10.6. The Kier molecular flexibility index (Phi) is 5.86. The van der Waals surface area contributed by atoms with Crippen molar-refractivity contribution in [3.8, 4) is 11.4 Å². The highest BCUT2D eigenvalue weighted by Crippen LogP contribution is 2.31. The topological polar surface area (TPSA) is 63.6 Å². The Morgan fingerprint density at radius 2 is 1.75 bits per heavy atom. The van der Waals surface area contributed by atoms with Crippen LogP contribution in [-0.4, -0.2) is 28.6 Å². The van der Waals surface area contributed by atoms with Gasteiger partial charge in [0.1, 0.15) is 11.3 Å². The quantitative estimate of drug-likeness (QED) is 0.348. The minimum absolute atomic E-state index is 0.00767. The number of hydrogen-bond donors (Lipinski definition) is 1. The van der Waals surface area contributed by atoms with Crippen molar-refractivity contribution in [3.63, 3.8) is 0 Å². The van der Waals surface area contributed by atoms with E-state index >= 15 is 0 Å². The summed E-state index contributed by atoms with van der Waals surface area (Å²) in [6.07, 6.45) is 1.59. The van der Waals surface area contributed by atoms with Crippen molar-refractivity contribution in [2.45, 2.75) is 13.8 Å². The highest BCUT2D eigenvalue weighted by atomic mass is 35.5. The molecule has 0 saturated carbocycles. The fourth-order valence-corrected chi connectivity index (χ4v) is 4.17. The third kappa shape index (κ3) is 3.81. The molecule has 0 unspecified atom stereocenters. The lowest BCUT2D eigenvalue weighted by Gasteiger charge is -2.29. The molecule has 0 atom stereocenters. The number of rotatable bonds is 4. The molecule has 32 heavy (non-hydrogen) atoms. The summed E-state index contributed by atoms with van der Waals surface area (Å²) >= 11 is 11.3. The van der Waals surface area contributed by atoms with Crippen LogP contribution < -0.4 is 15.0 Å². The zero-order valence-electron chi connectivity index (χ0n) is 17.7. The molecule has 1 N–H and O–H groups in total. The Hall–Kier alpha value is -3.42. The minimum atomic E-state index is -0.539. The Morgan fingerprint density at radius 1 is 1.06 bits per heavy atom. The Labute approximate surface area is 196 Å². The van der Waals surface area contributed by atoms with Crippen LogP contribution in [0.25, 0.3) is 11.8 Å². The number of thiocarbonyl (C=S) groups is 1. The van der Waals surface area contributed by atoms with Gasteiger partial charge in [0.15, 0.2) is 5.11 Å². The van der Waals surface area contributed by atoms with Gasteiger partial charge >= 0.3 is 0 Å². The van der Waals surface area contributed by atoms with Crippen LogP contribution in [0, 0.1) is 13.8 Å². The molecule has 6 nitrogen and oxygen atoms in total. The van der Waals surface area contributed by atoms with Crippen molar-refractivity contribution in [3.05, 3.63) is 82.1 Å². The molecule has 1 saturated heterocycles. The van der Waals surface area contributed by atoms with E-state index in [0.717, 1.165) is 22.6 Å². The van der Waals surface area contributed by atoms with Crippen molar-refractivity contribution in [2.75, 3.05) is 12.0 Å². The number of nitrogens with one attached hydrogen (secondary N) is 1. The van der Waals surface area contributed by atoms with E-state index in [-0.39, 0.29) is 10.7 Å². The lowest BCUT2D eigenvalue weighted by Crippen LogP contribution is -2.54. The number of nitrogens with zero attached hydrogens (tertiary/aromatic N) is 2. The average Bonchev–Trinajstić information content (AvgIpc) is 3.05. The molecule has 1 fully saturated rings. The van der Waals surface area contributed by atoms with Crippen LogP contribution in [0.5, 0.6) is 5.75 Å². The molecule has 0 bridgehead atoms. The van der Waals surface area contributed by atoms with E-state index in [0.29, 0.717) is 16.5 Å². The predicted octanol–water partition coefficient (Wildman–Crippen LogP) is 4.59. The fourth-order valence-electron chi connectivity index (χ4n) is 3.77. The van der Waals surface area contributed by atoms with Crippen LogP contribution in [-0.2, 0) is 9.59 Å². The van der Waals surface area contributed by atoms with E-state index in [2.05, 4.69) is 5.32 Å². The molecule has 162 valence electrons. The summed E-state index contributed by atoms with van der Waals surface area (Å²) in [5.74, 6) is -0.582. The van der Waals surface area contributed by atoms with Crippen LogP contribution in [0.2, 0.25) is 5.02 Å². The van der Waals surface area contributed by atoms with Gasteiger partial charge in [0.25, 0.3) is 11.8 Å². The largest absolute Gasteiger partial charge is 0.495 e. The molecule has 1 aliphatic heterocycles. The Morgan fingerprint density at radius 3 is 2.44 bits per heavy atom. The maximum absolute atomic E-state index is 13.4. The first-order valence-electron chi connectivity index (χ1n) is 9.81. The summed E-state index contributed by atoms with van der Waals surface area (Å²) in [6, 6.07) is 16.4. The summed E-state index contributed by atoms with van der Waals surface area (Å²) < 4.78 is 7.41. The second-order valence-corrected chi connectivity index (χ2v) is 8.09. The van der Waals surface area contributed by atoms with Crippen LogP contribution in [0.3, 0.4) is 0 Å². The summed E-state index contributed by atoms with van der Waals surface area (Å²) in [5, 5.41) is 3.27. The first-order chi connectivity index (χ1) is 15.3. The van der Waals surface area contributed by atoms with E-state index in [1.807, 2.05) is 48.7 Å². The maximum atomic E-state index is 13.4. The van der Waals surface area contributed by atoms with Crippen molar-refractivity contribution >= 4 is 52.5 Å². The van der Waals surface area contributed by atoms with Crippen molar-refractivity contribution in [1.82, 2.24) is 9.88 Å². The monoisotopic (exact) mass is 465 g/mol. The van der Waals surface area contributed by atoms with Gasteiger partial charge in [-0.05, 0) is 80.2 Å². The van der Waals surface area contributed by atoms with Crippen molar-refractivity contribution < 1.29 is 14.3 Å². The van der Waals surface area contributed by atoms with Crippen molar-refractivity contribution in [1.29, 1.82) is 0 Å². The number of ether oxygens (including phenoxy) is 1. The molecular formula is C24H20ClN3O3S. The van der Waals surface area contributed by atoms with E-state index < -0.39 is 11.8 Å². The highest BCUT2D eigenvalue weighted by molar-refractivity contribution is 7.80. The number of anilines is 1. The second kappa shape index (κ2) is 8.61. The van der Waals surface area contributed by atoms with Gasteiger partial charge in [0, 0.05) is 22.1 Å². The van der Waals surface area contributed by atoms with Gasteiger partial charge in [-0.2, -0.15) is 0 Å². The SMILES string of the molecule is COc1ccccc1N1C(=O)C(=Cc2cc(C)n(-c3ccc(Cl)cc3)c2C)C(=O)NC1=S. The Balaban J connectivity index is 1.77. The number of carbonyl (C=O) groups is 2. The van der Waals surface area contributed by atoms with Gasteiger partial charge in [0.05, 0.1) is 12.8 Å². The fraction of sp³-hybridized carbons (Fsp3) is 0.125. The summed E-state index contributed by atoms with van der Waals surface area (Å²) in [5.41, 5.74) is 3.98. The van der Waals surface area contributed by atoms with Crippen molar-refractivity contribution in [2.24, 2.45) is 0 Å². The predicted molar refractivity (Wildman–Crippen MR) is 129 cm³/mol. The zero-order chi connectivity index (χ0) is 23.0. The molecule has 4 rings (SSSR count). The van der Waals surface area contributed by atoms with Gasteiger partial charge in [-0.25, -0.2) is 4.90 Å². The second-order valence-electron chi connectivity index (χ2n) is 7.27. The minimum Gasteiger partial charge on any atom is -0.495 e. The van der Waals surface area contributed by atoms with E-state index in [4.69, 9.17) is 28.6 Å². The van der Waals surface area contributed by atoms with Gasteiger partial charge in [-0.15, -0.1) is 0 Å². The van der Waals surface area contributed by atoms with Crippen LogP contribution >= 0.6 is 23.8 Å². The van der Waals surface area contributed by atoms with Gasteiger partial charge in [0.2, 0.25) is 0 Å². The number of para-hydroxylation sites is 2. The maximum Gasteiger partial charge on any atom is 0.270 e. The molecule has 2 aromatic carbocycles. The van der Waals surface area contributed by atoms with Crippen LogP contribution in [0.1, 0.15) is 17.0 Å². The number of aryl methyl sites for hydroxylation is 1. The molecule has 8 heteroatoms. The third-order valence-electron chi connectivity index (χ3n) is 5.28. The number of benzene rings is 2. The molecule has 2 amide bonds. The molecule has 0 radical (unpaired) electrons. The van der Waals surface area contributed by atoms with E-state index in [1.54, 1.807) is 30.3 Å². The first kappa shape index (κ1) is 21.8. The van der Waals surface area contributed by atoms with Gasteiger partial charge in [-0.1, -0.05) is 23.7 Å². The summed E-state index contributed by atoms with van der Waals surface area (Å²) in [6.45, 7) is 3.89. The molecule has 1 aromatic heterocycles. The molecule has 2 heterocycles. The zero-order valence-corrected chi connectivity index (χ0v) is 19.3. The van der Waals surface area contributed by atoms with E-state index in [9.17, 15) is 9.59 Å². The molecular weight excluding hydrogens is 446 g/mol. The summed E-state index contributed by atoms with van der Waals surface area (Å²) in [7, 11) is 1.51. The van der Waals surface area contributed by atoms with Crippen LogP contribution in [0.4, 0.5) is 5.69 Å². The van der Waals surface area contributed by atoms with Crippen LogP contribution in [0.15, 0.2) is 60.2 Å². The summed E-state index contributed by atoms with van der Waals surface area (Å²) in [4.78, 5) is 27.3. The van der Waals surface area contributed by atoms with Gasteiger partial charge < -0.3 is 9.30 Å². The lowest BCUT2D eigenvalue weighted by molar-refractivity contribution is -0.122. The molecule has 0 aliphatic carbocycles. The van der Waals surface area contributed by atoms with E-state index in [1.165, 1.54) is 12.0 Å². The number of amides is 2. The number of aromatic nitrogens is 1. The third-order valence-corrected chi connectivity index (χ3v) is 5.82. The number of halogens is 1. The molecule has 3 aromatic rings. The standard InChI is InChI=1S/C24H20ClN3O3S/c1-14-12-16(15(2)27(14)18-10-8-17(25)9-11-18)13-19-22(29)26-24(32)28(23(19)30)20-6-4-5-7-21(20)31-3/h4-13H,1-3H3,(H,26,29,32). The Bertz CT molecular complexity index is 1280. The smallest absolute Gasteiger partial charge is 0.270 e. The number of hydrogen-bond acceptors (Lipinski definition) is 4. The average molecular weight is 466 g/mol.